The number of carbonyl (C=O) groups excluding carboxylic acids is 2. The van der Waals surface area contributed by atoms with Crippen molar-refractivity contribution in [2.75, 3.05) is 18.4 Å². The highest BCUT2D eigenvalue weighted by Gasteiger charge is 2.07. The van der Waals surface area contributed by atoms with Crippen molar-refractivity contribution in [1.82, 2.24) is 10.6 Å². The Kier molecular flexibility index (Phi) is 5.81. The zero-order valence-electron chi connectivity index (χ0n) is 11.1. The summed E-state index contributed by atoms with van der Waals surface area (Å²) < 4.78 is 0. The van der Waals surface area contributed by atoms with Crippen molar-refractivity contribution in [1.29, 1.82) is 0 Å². The van der Waals surface area contributed by atoms with Gasteiger partial charge in [-0.25, -0.2) is 4.79 Å². The van der Waals surface area contributed by atoms with Gasteiger partial charge < -0.3 is 15.7 Å². The van der Waals surface area contributed by atoms with Gasteiger partial charge in [0.15, 0.2) is 0 Å². The Balaban J connectivity index is 2.52. The molecule has 1 aromatic rings. The minimum absolute atomic E-state index is 0.00709. The average Bonchev–Trinajstić information content (AvgIpc) is 2.38. The van der Waals surface area contributed by atoms with Gasteiger partial charge in [-0.3, -0.25) is 10.1 Å². The largest absolute Gasteiger partial charge is 0.392 e. The maximum Gasteiger partial charge on any atom is 0.321 e. The van der Waals surface area contributed by atoms with Gasteiger partial charge in [-0.05, 0) is 31.0 Å². The molecule has 0 heterocycles. The Bertz CT molecular complexity index is 460. The van der Waals surface area contributed by atoms with Gasteiger partial charge in [0.1, 0.15) is 0 Å². The van der Waals surface area contributed by atoms with Gasteiger partial charge in [-0.1, -0.05) is 12.1 Å². The number of anilines is 1. The molecule has 104 valence electrons. The minimum Gasteiger partial charge on any atom is -0.392 e. The van der Waals surface area contributed by atoms with Crippen LogP contribution in [0.5, 0.6) is 0 Å². The summed E-state index contributed by atoms with van der Waals surface area (Å²) in [7, 11) is 0. The SMILES string of the molecule is CCNC(=O)NC(=O)CNc1cc(CO)ccc1C. The lowest BCUT2D eigenvalue weighted by molar-refractivity contribution is -0.118. The highest BCUT2D eigenvalue weighted by Crippen LogP contribution is 2.16. The molecule has 0 aliphatic carbocycles. The number of rotatable bonds is 5. The number of benzene rings is 1. The summed E-state index contributed by atoms with van der Waals surface area (Å²) in [4.78, 5) is 22.6. The normalized spacial score (nSPS) is 9.84. The van der Waals surface area contributed by atoms with Gasteiger partial charge in [-0.2, -0.15) is 0 Å². The first kappa shape index (κ1) is 15.0. The number of hydrogen-bond acceptors (Lipinski definition) is 4. The summed E-state index contributed by atoms with van der Waals surface area (Å²) >= 11 is 0. The summed E-state index contributed by atoms with van der Waals surface area (Å²) in [6.07, 6.45) is 0. The second kappa shape index (κ2) is 7.38. The molecule has 1 aromatic carbocycles. The van der Waals surface area contributed by atoms with Crippen molar-refractivity contribution in [3.63, 3.8) is 0 Å². The van der Waals surface area contributed by atoms with Crippen molar-refractivity contribution in [2.45, 2.75) is 20.5 Å². The first-order valence-corrected chi connectivity index (χ1v) is 6.08. The fourth-order valence-electron chi connectivity index (χ4n) is 1.51. The monoisotopic (exact) mass is 265 g/mol. The Morgan fingerprint density at radius 1 is 1.32 bits per heavy atom. The van der Waals surface area contributed by atoms with Gasteiger partial charge in [-0.15, -0.1) is 0 Å². The van der Waals surface area contributed by atoms with Crippen LogP contribution in [0.3, 0.4) is 0 Å². The smallest absolute Gasteiger partial charge is 0.321 e. The number of nitrogens with one attached hydrogen (secondary N) is 3. The van der Waals surface area contributed by atoms with Crippen LogP contribution < -0.4 is 16.0 Å². The Hall–Kier alpha value is -2.08. The second-order valence-corrected chi connectivity index (χ2v) is 4.07. The van der Waals surface area contributed by atoms with Gasteiger partial charge in [0.05, 0.1) is 13.2 Å². The standard InChI is InChI=1S/C13H19N3O3/c1-3-14-13(19)16-12(18)7-15-11-6-10(8-17)5-4-9(11)2/h4-6,15,17H,3,7-8H2,1-2H3,(H2,14,16,18,19). The quantitative estimate of drug-likeness (QED) is 0.632. The van der Waals surface area contributed by atoms with Crippen molar-refractivity contribution >= 4 is 17.6 Å². The van der Waals surface area contributed by atoms with E-state index in [-0.39, 0.29) is 13.2 Å². The third-order valence-corrected chi connectivity index (χ3v) is 2.51. The van der Waals surface area contributed by atoms with Crippen molar-refractivity contribution in [2.24, 2.45) is 0 Å². The summed E-state index contributed by atoms with van der Waals surface area (Å²) in [5.74, 6) is -0.417. The van der Waals surface area contributed by atoms with E-state index in [9.17, 15) is 9.59 Å². The fourth-order valence-corrected chi connectivity index (χ4v) is 1.51. The van der Waals surface area contributed by atoms with Crippen LogP contribution in [-0.2, 0) is 11.4 Å². The third-order valence-electron chi connectivity index (χ3n) is 2.51. The molecule has 3 amide bonds. The van der Waals surface area contributed by atoms with Gasteiger partial charge in [0.25, 0.3) is 0 Å². The first-order chi connectivity index (χ1) is 9.06. The van der Waals surface area contributed by atoms with E-state index in [1.54, 1.807) is 13.0 Å². The van der Waals surface area contributed by atoms with E-state index in [2.05, 4.69) is 16.0 Å². The molecule has 0 aromatic heterocycles. The molecular formula is C13H19N3O3. The molecule has 0 saturated carbocycles. The van der Waals surface area contributed by atoms with E-state index in [1.165, 1.54) is 0 Å². The van der Waals surface area contributed by atoms with Crippen LogP contribution in [-0.4, -0.2) is 30.1 Å². The molecule has 0 spiro atoms. The molecule has 0 saturated heterocycles. The van der Waals surface area contributed by atoms with E-state index < -0.39 is 11.9 Å². The predicted molar refractivity (Wildman–Crippen MR) is 72.8 cm³/mol. The molecular weight excluding hydrogens is 246 g/mol. The highest BCUT2D eigenvalue weighted by atomic mass is 16.3. The molecule has 4 N–H and O–H groups in total. The predicted octanol–water partition coefficient (Wildman–Crippen LogP) is 0.745. The summed E-state index contributed by atoms with van der Waals surface area (Å²) in [5, 5.41) is 16.7. The number of aryl methyl sites for hydroxylation is 1. The maximum atomic E-state index is 11.5. The van der Waals surface area contributed by atoms with Gasteiger partial charge in [0.2, 0.25) is 5.91 Å². The van der Waals surface area contributed by atoms with E-state index in [0.29, 0.717) is 6.54 Å². The lowest BCUT2D eigenvalue weighted by Crippen LogP contribution is -2.41. The highest BCUT2D eigenvalue weighted by molar-refractivity contribution is 5.96. The summed E-state index contributed by atoms with van der Waals surface area (Å²) in [6.45, 7) is 4.06. The van der Waals surface area contributed by atoms with E-state index in [4.69, 9.17) is 5.11 Å². The number of imide groups is 1. The Morgan fingerprint density at radius 3 is 2.68 bits per heavy atom. The number of aliphatic hydroxyl groups is 1. The van der Waals surface area contributed by atoms with Crippen molar-refractivity contribution in [3.8, 4) is 0 Å². The van der Waals surface area contributed by atoms with Crippen LogP contribution in [0.25, 0.3) is 0 Å². The van der Waals surface area contributed by atoms with E-state index in [0.717, 1.165) is 16.8 Å². The molecule has 1 rings (SSSR count). The Labute approximate surface area is 112 Å². The molecule has 19 heavy (non-hydrogen) atoms. The maximum absolute atomic E-state index is 11.5. The van der Waals surface area contributed by atoms with Crippen LogP contribution in [0.4, 0.5) is 10.5 Å². The van der Waals surface area contributed by atoms with Crippen molar-refractivity contribution < 1.29 is 14.7 Å². The van der Waals surface area contributed by atoms with Crippen LogP contribution in [0, 0.1) is 6.92 Å². The van der Waals surface area contributed by atoms with E-state index >= 15 is 0 Å². The minimum atomic E-state index is -0.505. The molecule has 0 aliphatic heterocycles. The lowest BCUT2D eigenvalue weighted by Gasteiger charge is -2.11. The molecule has 0 unspecified atom stereocenters. The number of urea groups is 1. The van der Waals surface area contributed by atoms with Gasteiger partial charge >= 0.3 is 6.03 Å². The zero-order valence-corrected chi connectivity index (χ0v) is 11.1. The topological polar surface area (TPSA) is 90.5 Å². The molecule has 0 fully saturated rings. The Morgan fingerprint density at radius 2 is 2.05 bits per heavy atom. The van der Waals surface area contributed by atoms with Crippen LogP contribution in [0.15, 0.2) is 18.2 Å². The third kappa shape index (κ3) is 4.97. The number of carbonyl (C=O) groups is 2. The molecule has 6 heteroatoms. The number of aliphatic hydroxyl groups excluding tert-OH is 1. The molecule has 0 atom stereocenters. The van der Waals surface area contributed by atoms with E-state index in [1.807, 2.05) is 19.1 Å². The van der Waals surface area contributed by atoms with Gasteiger partial charge in [0, 0.05) is 12.2 Å². The first-order valence-electron chi connectivity index (χ1n) is 6.08. The number of hydrogen-bond donors (Lipinski definition) is 4. The summed E-state index contributed by atoms with van der Waals surface area (Å²) in [6, 6.07) is 4.94. The average molecular weight is 265 g/mol. The summed E-state index contributed by atoms with van der Waals surface area (Å²) in [5.41, 5.74) is 2.48. The second-order valence-electron chi connectivity index (χ2n) is 4.07. The molecule has 0 bridgehead atoms. The van der Waals surface area contributed by atoms with Crippen molar-refractivity contribution in [3.05, 3.63) is 29.3 Å². The molecule has 0 radical (unpaired) electrons. The van der Waals surface area contributed by atoms with Crippen LogP contribution in [0.2, 0.25) is 0 Å². The fraction of sp³-hybridized carbons (Fsp3) is 0.385. The zero-order chi connectivity index (χ0) is 14.3. The molecule has 6 nitrogen and oxygen atoms in total. The van der Waals surface area contributed by atoms with Crippen LogP contribution in [0.1, 0.15) is 18.1 Å². The molecule has 0 aliphatic rings. The number of amides is 3. The lowest BCUT2D eigenvalue weighted by atomic mass is 10.1. The van der Waals surface area contributed by atoms with Crippen LogP contribution >= 0.6 is 0 Å².